The maximum absolute atomic E-state index is 12.6. The highest BCUT2D eigenvalue weighted by atomic mass is 16.5. The summed E-state index contributed by atoms with van der Waals surface area (Å²) in [5, 5.41) is 5.35. The van der Waals surface area contributed by atoms with E-state index in [1.54, 1.807) is 7.11 Å². The van der Waals surface area contributed by atoms with Gasteiger partial charge in [-0.3, -0.25) is 4.79 Å². The fraction of sp³-hybridized carbons (Fsp3) is 0.261. The van der Waals surface area contributed by atoms with Crippen LogP contribution in [0, 0.1) is 0 Å². The van der Waals surface area contributed by atoms with E-state index < -0.39 is 5.60 Å². The molecule has 3 nitrogen and oxygen atoms in total. The second-order valence-corrected chi connectivity index (χ2v) is 6.51. The van der Waals surface area contributed by atoms with Gasteiger partial charge in [0, 0.05) is 7.11 Å². The van der Waals surface area contributed by atoms with Gasteiger partial charge in [0.15, 0.2) is 0 Å². The van der Waals surface area contributed by atoms with E-state index >= 15 is 0 Å². The second-order valence-electron chi connectivity index (χ2n) is 6.51. The molecule has 3 rings (SSSR count). The average Bonchev–Trinajstić information content (AvgIpc) is 2.70. The molecular formula is C23H25NO2. The third-order valence-electron chi connectivity index (χ3n) is 5.06. The molecule has 0 aliphatic rings. The van der Waals surface area contributed by atoms with E-state index in [4.69, 9.17) is 4.74 Å². The van der Waals surface area contributed by atoms with E-state index in [2.05, 4.69) is 30.4 Å². The number of fused-ring (bicyclic) bond motifs is 1. The average molecular weight is 347 g/mol. The SMILES string of the molecule is CCC(CNC(=O)Cc1cccc2ccccc12)(OC)c1ccccc1. The first-order valence-corrected chi connectivity index (χ1v) is 9.02. The highest BCUT2D eigenvalue weighted by Crippen LogP contribution is 2.28. The first-order chi connectivity index (χ1) is 12.7. The van der Waals surface area contributed by atoms with Crippen LogP contribution < -0.4 is 5.32 Å². The molecule has 0 aromatic heterocycles. The molecule has 0 saturated carbocycles. The summed E-state index contributed by atoms with van der Waals surface area (Å²) in [5.74, 6) is 0.00663. The molecule has 1 N–H and O–H groups in total. The first kappa shape index (κ1) is 18.2. The number of hydrogen-bond acceptors (Lipinski definition) is 2. The van der Waals surface area contributed by atoms with E-state index in [1.807, 2.05) is 54.6 Å². The zero-order valence-electron chi connectivity index (χ0n) is 15.4. The summed E-state index contributed by atoms with van der Waals surface area (Å²) in [6.07, 6.45) is 1.14. The highest BCUT2D eigenvalue weighted by Gasteiger charge is 2.30. The molecule has 3 heteroatoms. The quantitative estimate of drug-likeness (QED) is 0.686. The number of carbonyl (C=O) groups excluding carboxylic acids is 1. The normalized spacial score (nSPS) is 13.3. The van der Waals surface area contributed by atoms with Crippen LogP contribution in [0.3, 0.4) is 0 Å². The molecule has 0 heterocycles. The lowest BCUT2D eigenvalue weighted by Crippen LogP contribution is -2.42. The van der Waals surface area contributed by atoms with Crippen molar-refractivity contribution < 1.29 is 9.53 Å². The Labute approximate surface area is 155 Å². The van der Waals surface area contributed by atoms with Crippen molar-refractivity contribution in [1.82, 2.24) is 5.32 Å². The predicted molar refractivity (Wildman–Crippen MR) is 106 cm³/mol. The van der Waals surface area contributed by atoms with Crippen molar-refractivity contribution in [2.75, 3.05) is 13.7 Å². The van der Waals surface area contributed by atoms with Gasteiger partial charge in [0.05, 0.1) is 13.0 Å². The molecule has 0 aliphatic carbocycles. The molecular weight excluding hydrogens is 322 g/mol. The number of ether oxygens (including phenoxy) is 1. The Morgan fingerprint density at radius 2 is 1.65 bits per heavy atom. The van der Waals surface area contributed by atoms with Crippen LogP contribution in [0.1, 0.15) is 24.5 Å². The lowest BCUT2D eigenvalue weighted by molar-refractivity contribution is -0.122. The molecule has 1 atom stereocenters. The van der Waals surface area contributed by atoms with E-state index in [0.717, 1.165) is 28.3 Å². The van der Waals surface area contributed by atoms with Gasteiger partial charge in [-0.2, -0.15) is 0 Å². The Kier molecular flexibility index (Phi) is 5.69. The molecule has 0 aliphatic heterocycles. The fourth-order valence-corrected chi connectivity index (χ4v) is 3.43. The Morgan fingerprint density at radius 1 is 0.962 bits per heavy atom. The minimum atomic E-state index is -0.504. The van der Waals surface area contributed by atoms with Crippen molar-refractivity contribution >= 4 is 16.7 Å². The van der Waals surface area contributed by atoms with Gasteiger partial charge < -0.3 is 10.1 Å². The third kappa shape index (κ3) is 3.78. The van der Waals surface area contributed by atoms with Crippen molar-refractivity contribution in [2.45, 2.75) is 25.4 Å². The molecule has 134 valence electrons. The van der Waals surface area contributed by atoms with Gasteiger partial charge in [-0.25, -0.2) is 0 Å². The van der Waals surface area contributed by atoms with Gasteiger partial charge in [0.25, 0.3) is 0 Å². The van der Waals surface area contributed by atoms with Gasteiger partial charge in [0.2, 0.25) is 5.91 Å². The number of benzene rings is 3. The molecule has 3 aromatic carbocycles. The van der Waals surface area contributed by atoms with Crippen molar-refractivity contribution in [1.29, 1.82) is 0 Å². The largest absolute Gasteiger partial charge is 0.372 e. The lowest BCUT2D eigenvalue weighted by Gasteiger charge is -2.32. The number of rotatable bonds is 7. The summed E-state index contributed by atoms with van der Waals surface area (Å²) in [6.45, 7) is 2.53. The maximum Gasteiger partial charge on any atom is 0.224 e. The van der Waals surface area contributed by atoms with Crippen LogP contribution in [0.4, 0.5) is 0 Å². The van der Waals surface area contributed by atoms with Crippen molar-refractivity contribution in [2.24, 2.45) is 0 Å². The molecule has 26 heavy (non-hydrogen) atoms. The van der Waals surface area contributed by atoms with Crippen LogP contribution in [-0.4, -0.2) is 19.6 Å². The van der Waals surface area contributed by atoms with E-state index in [0.29, 0.717) is 13.0 Å². The zero-order chi connectivity index (χ0) is 18.4. The Morgan fingerprint density at radius 3 is 2.38 bits per heavy atom. The van der Waals surface area contributed by atoms with Crippen molar-refractivity contribution in [3.05, 3.63) is 83.9 Å². The van der Waals surface area contributed by atoms with Crippen molar-refractivity contribution in [3.63, 3.8) is 0 Å². The van der Waals surface area contributed by atoms with Crippen LogP contribution in [-0.2, 0) is 21.6 Å². The molecule has 3 aromatic rings. The maximum atomic E-state index is 12.6. The summed E-state index contributed by atoms with van der Waals surface area (Å²) >= 11 is 0. The molecule has 0 bridgehead atoms. The van der Waals surface area contributed by atoms with Gasteiger partial charge >= 0.3 is 0 Å². The Hall–Kier alpha value is -2.65. The van der Waals surface area contributed by atoms with E-state index in [1.165, 1.54) is 0 Å². The molecule has 1 amide bonds. The predicted octanol–water partition coefficient (Wildman–Crippen LogP) is 4.45. The van der Waals surface area contributed by atoms with E-state index in [9.17, 15) is 4.79 Å². The third-order valence-corrected chi connectivity index (χ3v) is 5.06. The molecule has 0 fully saturated rings. The van der Waals surface area contributed by atoms with Gasteiger partial charge in [-0.15, -0.1) is 0 Å². The van der Waals surface area contributed by atoms with Crippen LogP contribution in [0.2, 0.25) is 0 Å². The Balaban J connectivity index is 1.73. The number of carbonyl (C=O) groups is 1. The number of hydrogen-bond donors (Lipinski definition) is 1. The summed E-state index contributed by atoms with van der Waals surface area (Å²) in [7, 11) is 1.70. The second kappa shape index (κ2) is 8.15. The Bertz CT molecular complexity index is 864. The van der Waals surface area contributed by atoms with Crippen LogP contribution in [0.25, 0.3) is 10.8 Å². The van der Waals surface area contributed by atoms with Crippen LogP contribution in [0.15, 0.2) is 72.8 Å². The minimum Gasteiger partial charge on any atom is -0.372 e. The van der Waals surface area contributed by atoms with Gasteiger partial charge in [-0.1, -0.05) is 79.7 Å². The number of nitrogens with one attached hydrogen (secondary N) is 1. The summed E-state index contributed by atoms with van der Waals surface area (Å²) in [6, 6.07) is 24.3. The van der Waals surface area contributed by atoms with Crippen LogP contribution in [0.5, 0.6) is 0 Å². The number of methoxy groups -OCH3 is 1. The van der Waals surface area contributed by atoms with Gasteiger partial charge in [0.1, 0.15) is 5.60 Å². The zero-order valence-corrected chi connectivity index (χ0v) is 15.4. The molecule has 0 saturated heterocycles. The molecule has 0 spiro atoms. The molecule has 1 unspecified atom stereocenters. The first-order valence-electron chi connectivity index (χ1n) is 9.02. The molecule has 0 radical (unpaired) electrons. The highest BCUT2D eigenvalue weighted by molar-refractivity contribution is 5.90. The monoisotopic (exact) mass is 347 g/mol. The summed E-state index contributed by atoms with van der Waals surface area (Å²) in [5.41, 5.74) is 1.62. The topological polar surface area (TPSA) is 38.3 Å². The minimum absolute atomic E-state index is 0.00663. The van der Waals surface area contributed by atoms with Gasteiger partial charge in [-0.05, 0) is 28.3 Å². The smallest absolute Gasteiger partial charge is 0.224 e. The number of amides is 1. The van der Waals surface area contributed by atoms with Crippen LogP contribution >= 0.6 is 0 Å². The lowest BCUT2D eigenvalue weighted by atomic mass is 9.90. The van der Waals surface area contributed by atoms with Crippen molar-refractivity contribution in [3.8, 4) is 0 Å². The fourth-order valence-electron chi connectivity index (χ4n) is 3.43. The van der Waals surface area contributed by atoms with E-state index in [-0.39, 0.29) is 5.91 Å². The summed E-state index contributed by atoms with van der Waals surface area (Å²) < 4.78 is 5.83. The standard InChI is InChI=1S/C23H25NO2/c1-3-23(26-2,20-13-5-4-6-14-20)17-24-22(25)16-19-12-9-11-18-10-7-8-15-21(18)19/h4-15H,3,16-17H2,1-2H3,(H,24,25). The summed E-state index contributed by atoms with van der Waals surface area (Å²) in [4.78, 5) is 12.6.